The Balaban J connectivity index is 3.95. The van der Waals surface area contributed by atoms with E-state index in [1.807, 2.05) is 6.92 Å². The van der Waals surface area contributed by atoms with Gasteiger partial charge in [-0.3, -0.25) is 0 Å². The molecular weight excluding hydrogens is 152 g/mol. The summed E-state index contributed by atoms with van der Waals surface area (Å²) < 4.78 is 0. The van der Waals surface area contributed by atoms with E-state index >= 15 is 0 Å². The first-order chi connectivity index (χ1) is 5.49. The number of hydrogen-bond donors (Lipinski definition) is 1. The first-order valence-corrected chi connectivity index (χ1v) is 4.41. The molecule has 0 aromatic carbocycles. The minimum absolute atomic E-state index is 0.0949. The van der Waals surface area contributed by atoms with Crippen LogP contribution in [0.15, 0.2) is 12.2 Å². The molecule has 0 rings (SSSR count). The van der Waals surface area contributed by atoms with Crippen molar-refractivity contribution in [2.24, 2.45) is 11.8 Å². The van der Waals surface area contributed by atoms with Gasteiger partial charge in [-0.05, 0) is 18.3 Å². The number of hydrogen-bond acceptors (Lipinski definition) is 1. The number of carbonyl (C=O) groups is 1. The average Bonchev–Trinajstić information content (AvgIpc) is 2.02. The van der Waals surface area contributed by atoms with Crippen LogP contribution in [-0.4, -0.2) is 11.1 Å². The van der Waals surface area contributed by atoms with Crippen LogP contribution in [0.1, 0.15) is 33.6 Å². The predicted octanol–water partition coefficient (Wildman–Crippen LogP) is 2.70. The maximum atomic E-state index is 10.5. The molecule has 0 aromatic rings. The Morgan fingerprint density at radius 2 is 2.00 bits per heavy atom. The largest absolute Gasteiger partial charge is 0.478 e. The van der Waals surface area contributed by atoms with Crippen molar-refractivity contribution in [2.75, 3.05) is 0 Å². The van der Waals surface area contributed by atoms with E-state index in [4.69, 9.17) is 5.11 Å². The molecule has 0 aliphatic rings. The topological polar surface area (TPSA) is 37.3 Å². The summed E-state index contributed by atoms with van der Waals surface area (Å²) in [5.41, 5.74) is 0.329. The lowest BCUT2D eigenvalue weighted by Crippen LogP contribution is -2.11. The summed E-state index contributed by atoms with van der Waals surface area (Å²) in [5.74, 6) is -0.195. The summed E-state index contributed by atoms with van der Waals surface area (Å²) in [5, 5.41) is 8.64. The van der Waals surface area contributed by atoms with E-state index in [9.17, 15) is 4.79 Å². The molecule has 0 aliphatic heterocycles. The Labute approximate surface area is 74.3 Å². The van der Waals surface area contributed by atoms with Gasteiger partial charge in [-0.25, -0.2) is 4.79 Å². The Kier molecular flexibility index (Phi) is 4.64. The maximum absolute atomic E-state index is 10.5. The quantitative estimate of drug-likeness (QED) is 0.644. The van der Waals surface area contributed by atoms with Gasteiger partial charge in [-0.1, -0.05) is 33.8 Å². The van der Waals surface area contributed by atoms with Crippen molar-refractivity contribution in [1.29, 1.82) is 0 Å². The van der Waals surface area contributed by atoms with Gasteiger partial charge >= 0.3 is 5.97 Å². The fourth-order valence-corrected chi connectivity index (χ4v) is 1.12. The third-order valence-electron chi connectivity index (χ3n) is 2.32. The Bertz CT molecular complexity index is 173. The van der Waals surface area contributed by atoms with Crippen LogP contribution in [0.3, 0.4) is 0 Å². The number of rotatable bonds is 5. The highest BCUT2D eigenvalue weighted by molar-refractivity contribution is 5.86. The highest BCUT2D eigenvalue weighted by Gasteiger charge is 2.15. The molecule has 0 fully saturated rings. The second-order valence-electron chi connectivity index (χ2n) is 3.48. The zero-order chi connectivity index (χ0) is 9.72. The zero-order valence-corrected chi connectivity index (χ0v) is 8.13. The summed E-state index contributed by atoms with van der Waals surface area (Å²) in [6.07, 6.45) is 2.01. The molecule has 2 atom stereocenters. The average molecular weight is 170 g/mol. The Morgan fingerprint density at radius 3 is 2.33 bits per heavy atom. The fraction of sp³-hybridized carbons (Fsp3) is 0.700. The van der Waals surface area contributed by atoms with Crippen molar-refractivity contribution >= 4 is 5.97 Å². The lowest BCUT2D eigenvalue weighted by atomic mass is 9.90. The van der Waals surface area contributed by atoms with Crippen LogP contribution < -0.4 is 0 Å². The molecule has 0 radical (unpaired) electrons. The lowest BCUT2D eigenvalue weighted by molar-refractivity contribution is -0.133. The maximum Gasteiger partial charge on any atom is 0.331 e. The number of carboxylic acid groups (broad SMARTS) is 1. The standard InChI is InChI=1S/C10H18O2/c1-5-7(2)6-8(3)9(4)10(11)12/h7-8H,4-6H2,1-3H3,(H,11,12). The fourth-order valence-electron chi connectivity index (χ4n) is 1.12. The molecule has 0 aliphatic carbocycles. The molecule has 0 saturated heterocycles. The summed E-state index contributed by atoms with van der Waals surface area (Å²) in [6, 6.07) is 0. The van der Waals surface area contributed by atoms with Crippen molar-refractivity contribution in [1.82, 2.24) is 0 Å². The molecule has 0 aromatic heterocycles. The van der Waals surface area contributed by atoms with Gasteiger partial charge < -0.3 is 5.11 Å². The zero-order valence-electron chi connectivity index (χ0n) is 8.13. The van der Waals surface area contributed by atoms with E-state index in [-0.39, 0.29) is 5.92 Å². The van der Waals surface area contributed by atoms with Crippen LogP contribution in [0.25, 0.3) is 0 Å². The van der Waals surface area contributed by atoms with Gasteiger partial charge in [0.1, 0.15) is 0 Å². The van der Waals surface area contributed by atoms with Crippen molar-refractivity contribution in [3.8, 4) is 0 Å². The van der Waals surface area contributed by atoms with Crippen LogP contribution in [-0.2, 0) is 4.79 Å². The smallest absolute Gasteiger partial charge is 0.331 e. The van der Waals surface area contributed by atoms with Crippen LogP contribution in [0.4, 0.5) is 0 Å². The SMILES string of the molecule is C=C(C(=O)O)C(C)CC(C)CC. The third-order valence-corrected chi connectivity index (χ3v) is 2.32. The monoisotopic (exact) mass is 170 g/mol. The molecule has 2 unspecified atom stereocenters. The summed E-state index contributed by atoms with van der Waals surface area (Å²) in [4.78, 5) is 10.5. The van der Waals surface area contributed by atoms with E-state index in [2.05, 4.69) is 20.4 Å². The van der Waals surface area contributed by atoms with Gasteiger partial charge in [-0.2, -0.15) is 0 Å². The van der Waals surface area contributed by atoms with Gasteiger partial charge in [-0.15, -0.1) is 0 Å². The van der Waals surface area contributed by atoms with Crippen molar-refractivity contribution in [3.05, 3.63) is 12.2 Å². The first kappa shape index (κ1) is 11.2. The summed E-state index contributed by atoms with van der Waals surface area (Å²) in [7, 11) is 0. The van der Waals surface area contributed by atoms with Crippen LogP contribution in [0, 0.1) is 11.8 Å². The molecular formula is C10H18O2. The molecule has 0 heterocycles. The third kappa shape index (κ3) is 3.56. The predicted molar refractivity (Wildman–Crippen MR) is 50.0 cm³/mol. The van der Waals surface area contributed by atoms with E-state index in [0.717, 1.165) is 12.8 Å². The van der Waals surface area contributed by atoms with Crippen molar-refractivity contribution < 1.29 is 9.90 Å². The highest BCUT2D eigenvalue weighted by Crippen LogP contribution is 2.20. The second-order valence-corrected chi connectivity index (χ2v) is 3.48. The van der Waals surface area contributed by atoms with Crippen LogP contribution in [0.5, 0.6) is 0 Å². The van der Waals surface area contributed by atoms with Crippen molar-refractivity contribution in [2.45, 2.75) is 33.6 Å². The minimum atomic E-state index is -0.870. The molecule has 0 bridgehead atoms. The number of carboxylic acids is 1. The van der Waals surface area contributed by atoms with Crippen LogP contribution >= 0.6 is 0 Å². The minimum Gasteiger partial charge on any atom is -0.478 e. The molecule has 2 nitrogen and oxygen atoms in total. The van der Waals surface area contributed by atoms with Gasteiger partial charge in [0.25, 0.3) is 0 Å². The van der Waals surface area contributed by atoms with E-state index < -0.39 is 5.97 Å². The lowest BCUT2D eigenvalue weighted by Gasteiger charge is -2.15. The van der Waals surface area contributed by atoms with Gasteiger partial charge in [0.15, 0.2) is 0 Å². The van der Waals surface area contributed by atoms with Gasteiger partial charge in [0, 0.05) is 5.57 Å². The molecule has 2 heteroatoms. The first-order valence-electron chi connectivity index (χ1n) is 4.41. The van der Waals surface area contributed by atoms with Crippen molar-refractivity contribution in [3.63, 3.8) is 0 Å². The van der Waals surface area contributed by atoms with Gasteiger partial charge in [0.05, 0.1) is 0 Å². The molecule has 0 amide bonds. The molecule has 1 N–H and O–H groups in total. The Morgan fingerprint density at radius 1 is 1.50 bits per heavy atom. The number of aliphatic carboxylic acids is 1. The van der Waals surface area contributed by atoms with Crippen LogP contribution in [0.2, 0.25) is 0 Å². The normalized spacial score (nSPS) is 15.2. The summed E-state index contributed by atoms with van der Waals surface area (Å²) in [6.45, 7) is 9.70. The van der Waals surface area contributed by atoms with Gasteiger partial charge in [0.2, 0.25) is 0 Å². The van der Waals surface area contributed by atoms with E-state index in [0.29, 0.717) is 11.5 Å². The molecule has 0 spiro atoms. The Hall–Kier alpha value is -0.790. The highest BCUT2D eigenvalue weighted by atomic mass is 16.4. The van der Waals surface area contributed by atoms with E-state index in [1.54, 1.807) is 0 Å². The summed E-state index contributed by atoms with van der Waals surface area (Å²) >= 11 is 0. The molecule has 0 saturated carbocycles. The van der Waals surface area contributed by atoms with E-state index in [1.165, 1.54) is 0 Å². The molecule has 12 heavy (non-hydrogen) atoms. The second kappa shape index (κ2) is 4.96. The molecule has 70 valence electrons.